The second kappa shape index (κ2) is 8.61. The highest BCUT2D eigenvalue weighted by atomic mass is 32.2. The maximum absolute atomic E-state index is 12.7. The Hall–Kier alpha value is -2.28. The Morgan fingerprint density at radius 2 is 1.93 bits per heavy atom. The molecule has 0 spiro atoms. The highest BCUT2D eigenvalue weighted by molar-refractivity contribution is 8.18. The van der Waals surface area contributed by atoms with Crippen molar-refractivity contribution in [2.75, 3.05) is 13.7 Å². The number of rotatable bonds is 6. The van der Waals surface area contributed by atoms with E-state index in [1.807, 2.05) is 19.1 Å². The number of esters is 1. The third-order valence-corrected chi connectivity index (χ3v) is 5.25. The van der Waals surface area contributed by atoms with Crippen molar-refractivity contribution in [3.05, 3.63) is 33.7 Å². The Kier molecular flexibility index (Phi) is 6.70. The SMILES string of the molecule is CCOC(=O)[C@@H](C)N1C(=O)S/C(=C/c2cc(C(C)C)c(OC)cc2C)C1=O. The van der Waals surface area contributed by atoms with Gasteiger partial charge in [-0.15, -0.1) is 0 Å². The first-order valence-corrected chi connectivity index (χ1v) is 9.65. The van der Waals surface area contributed by atoms with Gasteiger partial charge in [0.25, 0.3) is 11.1 Å². The van der Waals surface area contributed by atoms with Gasteiger partial charge in [-0.1, -0.05) is 13.8 Å². The first kappa shape index (κ1) is 21.0. The van der Waals surface area contributed by atoms with Crippen LogP contribution in [0.1, 0.15) is 50.3 Å². The molecule has 1 aliphatic heterocycles. The zero-order valence-electron chi connectivity index (χ0n) is 16.5. The minimum Gasteiger partial charge on any atom is -0.496 e. The maximum Gasteiger partial charge on any atom is 0.329 e. The summed E-state index contributed by atoms with van der Waals surface area (Å²) in [4.78, 5) is 38.2. The van der Waals surface area contributed by atoms with Crippen LogP contribution < -0.4 is 4.74 Å². The summed E-state index contributed by atoms with van der Waals surface area (Å²) in [5.41, 5.74) is 2.80. The Morgan fingerprint density at radius 1 is 1.26 bits per heavy atom. The first-order valence-electron chi connectivity index (χ1n) is 8.83. The highest BCUT2D eigenvalue weighted by Crippen LogP contribution is 2.36. The van der Waals surface area contributed by atoms with Crippen LogP contribution in [0.25, 0.3) is 6.08 Å². The van der Waals surface area contributed by atoms with E-state index in [4.69, 9.17) is 9.47 Å². The first-order chi connectivity index (χ1) is 12.7. The third-order valence-electron chi connectivity index (χ3n) is 4.37. The van der Waals surface area contributed by atoms with Crippen molar-refractivity contribution >= 4 is 35.0 Å². The van der Waals surface area contributed by atoms with E-state index in [-0.39, 0.29) is 12.5 Å². The van der Waals surface area contributed by atoms with E-state index in [1.54, 1.807) is 20.1 Å². The predicted octanol–water partition coefficient (Wildman–Crippen LogP) is 4.11. The van der Waals surface area contributed by atoms with E-state index in [9.17, 15) is 14.4 Å². The van der Waals surface area contributed by atoms with Gasteiger partial charge in [-0.3, -0.25) is 14.5 Å². The molecule has 1 fully saturated rings. The fourth-order valence-corrected chi connectivity index (χ4v) is 3.72. The van der Waals surface area contributed by atoms with Crippen LogP contribution in [-0.4, -0.2) is 41.8 Å². The number of aryl methyl sites for hydroxylation is 1. The number of nitrogens with zero attached hydrogens (tertiary/aromatic N) is 1. The van der Waals surface area contributed by atoms with Crippen LogP contribution in [0.3, 0.4) is 0 Å². The number of hydrogen-bond acceptors (Lipinski definition) is 6. The van der Waals surface area contributed by atoms with Gasteiger partial charge < -0.3 is 9.47 Å². The molecular formula is C20H25NO5S. The minimum atomic E-state index is -0.952. The monoisotopic (exact) mass is 391 g/mol. The molecule has 146 valence electrons. The summed E-state index contributed by atoms with van der Waals surface area (Å²) in [7, 11) is 1.63. The van der Waals surface area contributed by atoms with Crippen LogP contribution in [0.5, 0.6) is 5.75 Å². The number of carbonyl (C=O) groups excluding carboxylic acids is 3. The van der Waals surface area contributed by atoms with Crippen LogP contribution >= 0.6 is 11.8 Å². The number of ether oxygens (including phenoxy) is 2. The van der Waals surface area contributed by atoms with Gasteiger partial charge in [0.1, 0.15) is 11.8 Å². The topological polar surface area (TPSA) is 72.9 Å². The van der Waals surface area contributed by atoms with Gasteiger partial charge in [0.15, 0.2) is 0 Å². The lowest BCUT2D eigenvalue weighted by Crippen LogP contribution is -2.42. The Morgan fingerprint density at radius 3 is 2.48 bits per heavy atom. The lowest BCUT2D eigenvalue weighted by atomic mass is 9.96. The molecule has 0 N–H and O–H groups in total. The second-order valence-electron chi connectivity index (χ2n) is 6.59. The van der Waals surface area contributed by atoms with E-state index in [2.05, 4.69) is 13.8 Å². The predicted molar refractivity (Wildman–Crippen MR) is 106 cm³/mol. The van der Waals surface area contributed by atoms with Crippen molar-refractivity contribution in [2.45, 2.75) is 46.6 Å². The van der Waals surface area contributed by atoms with Gasteiger partial charge in [-0.2, -0.15) is 0 Å². The molecule has 1 heterocycles. The fraction of sp³-hybridized carbons (Fsp3) is 0.450. The molecular weight excluding hydrogens is 366 g/mol. The molecule has 0 aromatic heterocycles. The van der Waals surface area contributed by atoms with E-state index >= 15 is 0 Å². The number of thioether (sulfide) groups is 1. The van der Waals surface area contributed by atoms with Crippen molar-refractivity contribution in [1.82, 2.24) is 4.90 Å². The Bertz CT molecular complexity index is 800. The lowest BCUT2D eigenvalue weighted by molar-refractivity contribution is -0.150. The Balaban J connectivity index is 2.38. The number of amides is 2. The molecule has 0 saturated carbocycles. The van der Waals surface area contributed by atoms with E-state index < -0.39 is 23.2 Å². The quantitative estimate of drug-likeness (QED) is 0.537. The normalized spacial score (nSPS) is 17.0. The molecule has 0 radical (unpaired) electrons. The summed E-state index contributed by atoms with van der Waals surface area (Å²) >= 11 is 0.833. The van der Waals surface area contributed by atoms with Gasteiger partial charge in [0.2, 0.25) is 0 Å². The average molecular weight is 391 g/mol. The summed E-state index contributed by atoms with van der Waals surface area (Å²) < 4.78 is 10.4. The van der Waals surface area contributed by atoms with Crippen molar-refractivity contribution in [2.24, 2.45) is 0 Å². The van der Waals surface area contributed by atoms with Crippen molar-refractivity contribution in [3.63, 3.8) is 0 Å². The zero-order chi connectivity index (χ0) is 20.3. The number of methoxy groups -OCH3 is 1. The minimum absolute atomic E-state index is 0.193. The molecule has 2 amide bonds. The van der Waals surface area contributed by atoms with E-state index in [0.29, 0.717) is 4.91 Å². The Labute approximate surface area is 163 Å². The van der Waals surface area contributed by atoms with Gasteiger partial charge in [0, 0.05) is 0 Å². The summed E-state index contributed by atoms with van der Waals surface area (Å²) in [5.74, 6) is -0.0362. The highest BCUT2D eigenvalue weighted by Gasteiger charge is 2.41. The summed E-state index contributed by atoms with van der Waals surface area (Å²) in [5, 5.41) is -0.470. The third kappa shape index (κ3) is 4.35. The lowest BCUT2D eigenvalue weighted by Gasteiger charge is -2.19. The summed E-state index contributed by atoms with van der Waals surface area (Å²) in [6.45, 7) is 9.41. The van der Waals surface area contributed by atoms with Gasteiger partial charge >= 0.3 is 5.97 Å². The van der Waals surface area contributed by atoms with Crippen LogP contribution in [0.15, 0.2) is 17.0 Å². The fourth-order valence-electron chi connectivity index (χ4n) is 2.82. The standard InChI is InChI=1S/C20H25NO5S/c1-7-26-19(23)13(5)21-18(22)17(27-20(21)24)10-14-9-15(11(2)3)16(25-6)8-12(14)4/h8-11,13H,7H2,1-6H3/b17-10+/t13-/m1/s1. The van der Waals surface area contributed by atoms with Gasteiger partial charge in [-0.05, 0) is 73.4 Å². The van der Waals surface area contributed by atoms with Crippen LogP contribution in [0.2, 0.25) is 0 Å². The van der Waals surface area contributed by atoms with Crippen LogP contribution in [0.4, 0.5) is 4.79 Å². The molecule has 7 heteroatoms. The van der Waals surface area contributed by atoms with Crippen molar-refractivity contribution < 1.29 is 23.9 Å². The van der Waals surface area contributed by atoms with Crippen molar-refractivity contribution in [3.8, 4) is 5.75 Å². The molecule has 1 atom stereocenters. The average Bonchev–Trinajstić information content (AvgIpc) is 2.89. The van der Waals surface area contributed by atoms with E-state index in [1.165, 1.54) is 6.92 Å². The molecule has 0 aliphatic carbocycles. The number of hydrogen-bond donors (Lipinski definition) is 0. The molecule has 27 heavy (non-hydrogen) atoms. The second-order valence-corrected chi connectivity index (χ2v) is 7.58. The number of carbonyl (C=O) groups is 3. The van der Waals surface area contributed by atoms with Gasteiger partial charge in [-0.25, -0.2) is 4.79 Å². The van der Waals surface area contributed by atoms with Crippen LogP contribution in [-0.2, 0) is 14.3 Å². The summed E-state index contributed by atoms with van der Waals surface area (Å²) in [6, 6.07) is 2.94. The smallest absolute Gasteiger partial charge is 0.329 e. The molecule has 1 aromatic carbocycles. The molecule has 1 aliphatic rings. The molecule has 0 unspecified atom stereocenters. The molecule has 6 nitrogen and oxygen atoms in total. The largest absolute Gasteiger partial charge is 0.496 e. The summed E-state index contributed by atoms with van der Waals surface area (Å²) in [6.07, 6.45) is 1.70. The van der Waals surface area contributed by atoms with Crippen molar-refractivity contribution in [1.29, 1.82) is 0 Å². The molecule has 2 rings (SSSR count). The van der Waals surface area contributed by atoms with Crippen LogP contribution in [0, 0.1) is 6.92 Å². The maximum atomic E-state index is 12.7. The van der Waals surface area contributed by atoms with Gasteiger partial charge in [0.05, 0.1) is 18.6 Å². The number of imide groups is 1. The zero-order valence-corrected chi connectivity index (χ0v) is 17.3. The molecule has 1 aromatic rings. The molecule has 1 saturated heterocycles. The number of benzene rings is 1. The molecule has 0 bridgehead atoms. The van der Waals surface area contributed by atoms with E-state index in [0.717, 1.165) is 39.1 Å².